The molecule has 27 heavy (non-hydrogen) atoms. The van der Waals surface area contributed by atoms with Crippen LogP contribution in [0.25, 0.3) is 22.3 Å². The van der Waals surface area contributed by atoms with Crippen molar-refractivity contribution in [2.45, 2.75) is 32.1 Å². The Kier molecular flexibility index (Phi) is 3.77. The molecule has 0 amide bonds. The summed E-state index contributed by atoms with van der Waals surface area (Å²) in [5, 5.41) is 9.39. The van der Waals surface area contributed by atoms with E-state index in [1.165, 1.54) is 18.2 Å². The predicted octanol–water partition coefficient (Wildman–Crippen LogP) is 4.41. The lowest BCUT2D eigenvalue weighted by molar-refractivity contribution is 0.0696. The molecule has 1 aliphatic carbocycles. The first kappa shape index (κ1) is 17.2. The number of benzene rings is 2. The number of carbonyl (C=O) groups is 2. The average Bonchev–Trinajstić information content (AvgIpc) is 2.64. The molecule has 136 valence electrons. The minimum atomic E-state index is -1.01. The molecular weight excluding hydrogens is 344 g/mol. The van der Waals surface area contributed by atoms with Gasteiger partial charge in [0.2, 0.25) is 0 Å². The van der Waals surface area contributed by atoms with E-state index in [1.54, 1.807) is 24.3 Å². The Bertz CT molecular complexity index is 1150. The monoisotopic (exact) mass is 362 g/mol. The van der Waals surface area contributed by atoms with E-state index in [0.29, 0.717) is 34.3 Å². The van der Waals surface area contributed by atoms with Crippen LogP contribution in [-0.2, 0) is 5.41 Å². The third-order valence-electron chi connectivity index (χ3n) is 5.29. The number of hydrogen-bond acceptors (Lipinski definition) is 4. The SMILES string of the molecule is CC1(C)CCC(=O)c2cc3c(=O)cc(-c4ccc(C(=O)O)cc4)oc3cc21. The van der Waals surface area contributed by atoms with Crippen LogP contribution in [0.3, 0.4) is 0 Å². The maximum Gasteiger partial charge on any atom is 0.335 e. The summed E-state index contributed by atoms with van der Waals surface area (Å²) < 4.78 is 5.96. The zero-order valence-electron chi connectivity index (χ0n) is 15.0. The van der Waals surface area contributed by atoms with Gasteiger partial charge in [0.1, 0.15) is 11.3 Å². The van der Waals surface area contributed by atoms with Gasteiger partial charge in [-0.15, -0.1) is 0 Å². The smallest absolute Gasteiger partial charge is 0.335 e. The molecule has 0 atom stereocenters. The van der Waals surface area contributed by atoms with Gasteiger partial charge in [-0.05, 0) is 41.7 Å². The van der Waals surface area contributed by atoms with E-state index in [9.17, 15) is 14.4 Å². The Morgan fingerprint density at radius 2 is 1.78 bits per heavy atom. The van der Waals surface area contributed by atoms with E-state index in [0.717, 1.165) is 12.0 Å². The van der Waals surface area contributed by atoms with Crippen LogP contribution in [-0.4, -0.2) is 16.9 Å². The Labute approximate surface area is 155 Å². The van der Waals surface area contributed by atoms with E-state index in [1.807, 2.05) is 0 Å². The molecule has 0 bridgehead atoms. The highest BCUT2D eigenvalue weighted by molar-refractivity contribution is 6.02. The van der Waals surface area contributed by atoms with Crippen LogP contribution in [0.5, 0.6) is 0 Å². The Morgan fingerprint density at radius 1 is 1.07 bits per heavy atom. The fraction of sp³-hybridized carbons (Fsp3) is 0.227. The van der Waals surface area contributed by atoms with Gasteiger partial charge in [0.25, 0.3) is 0 Å². The van der Waals surface area contributed by atoms with Crippen LogP contribution in [0.1, 0.15) is 53.0 Å². The van der Waals surface area contributed by atoms with E-state index in [-0.39, 0.29) is 22.2 Å². The summed E-state index contributed by atoms with van der Waals surface area (Å²) in [5.74, 6) is -0.594. The number of carbonyl (C=O) groups excluding carboxylic acids is 1. The number of rotatable bonds is 2. The van der Waals surface area contributed by atoms with Gasteiger partial charge in [-0.2, -0.15) is 0 Å². The molecule has 1 heterocycles. The van der Waals surface area contributed by atoms with Crippen molar-refractivity contribution in [2.24, 2.45) is 0 Å². The zero-order valence-corrected chi connectivity index (χ0v) is 15.0. The number of aromatic carboxylic acids is 1. The molecule has 4 rings (SSSR count). The molecule has 0 aliphatic heterocycles. The molecule has 1 aliphatic rings. The third-order valence-corrected chi connectivity index (χ3v) is 5.29. The van der Waals surface area contributed by atoms with Crippen molar-refractivity contribution in [1.29, 1.82) is 0 Å². The van der Waals surface area contributed by atoms with Crippen LogP contribution in [0, 0.1) is 0 Å². The van der Waals surface area contributed by atoms with Crippen molar-refractivity contribution in [3.63, 3.8) is 0 Å². The maximum atomic E-state index is 12.6. The summed E-state index contributed by atoms with van der Waals surface area (Å²) in [5.41, 5.74) is 2.31. The normalized spacial score (nSPS) is 15.6. The molecule has 1 N–H and O–H groups in total. The summed E-state index contributed by atoms with van der Waals surface area (Å²) in [6, 6.07) is 11.0. The van der Waals surface area contributed by atoms with Crippen LogP contribution >= 0.6 is 0 Å². The van der Waals surface area contributed by atoms with Crippen LogP contribution < -0.4 is 5.43 Å². The van der Waals surface area contributed by atoms with Gasteiger partial charge < -0.3 is 9.52 Å². The second kappa shape index (κ2) is 5.91. The van der Waals surface area contributed by atoms with Crippen molar-refractivity contribution >= 4 is 22.7 Å². The molecule has 5 nitrogen and oxygen atoms in total. The summed E-state index contributed by atoms with van der Waals surface area (Å²) in [6.45, 7) is 4.16. The van der Waals surface area contributed by atoms with Crippen LogP contribution in [0.4, 0.5) is 0 Å². The lowest BCUT2D eigenvalue weighted by atomic mass is 9.72. The summed E-state index contributed by atoms with van der Waals surface area (Å²) in [7, 11) is 0. The number of Topliss-reactive ketones (excluding diaryl/α,β-unsaturated/α-hetero) is 1. The molecule has 1 aromatic heterocycles. The molecule has 2 aromatic carbocycles. The van der Waals surface area contributed by atoms with Gasteiger partial charge in [0, 0.05) is 23.6 Å². The van der Waals surface area contributed by atoms with Crippen molar-refractivity contribution in [3.8, 4) is 11.3 Å². The summed E-state index contributed by atoms with van der Waals surface area (Å²) in [4.78, 5) is 36.0. The predicted molar refractivity (Wildman–Crippen MR) is 101 cm³/mol. The van der Waals surface area contributed by atoms with Gasteiger partial charge in [-0.1, -0.05) is 26.0 Å². The van der Waals surface area contributed by atoms with Crippen molar-refractivity contribution in [1.82, 2.24) is 0 Å². The quantitative estimate of drug-likeness (QED) is 0.730. The number of carboxylic acid groups (broad SMARTS) is 1. The molecule has 0 saturated heterocycles. The Morgan fingerprint density at radius 3 is 2.44 bits per heavy atom. The minimum Gasteiger partial charge on any atom is -0.478 e. The minimum absolute atomic E-state index is 0.0546. The molecule has 0 unspecified atom stereocenters. The van der Waals surface area contributed by atoms with Gasteiger partial charge in [-0.3, -0.25) is 9.59 Å². The Hall–Kier alpha value is -3.21. The highest BCUT2D eigenvalue weighted by Crippen LogP contribution is 2.38. The number of ketones is 1. The highest BCUT2D eigenvalue weighted by atomic mass is 16.4. The second-order valence-electron chi connectivity index (χ2n) is 7.56. The fourth-order valence-electron chi connectivity index (χ4n) is 3.61. The lowest BCUT2D eigenvalue weighted by Crippen LogP contribution is -2.27. The largest absolute Gasteiger partial charge is 0.478 e. The maximum absolute atomic E-state index is 12.6. The molecule has 0 fully saturated rings. The van der Waals surface area contributed by atoms with E-state index < -0.39 is 5.97 Å². The molecule has 3 aromatic rings. The van der Waals surface area contributed by atoms with Gasteiger partial charge in [0.05, 0.1) is 10.9 Å². The molecule has 0 spiro atoms. The van der Waals surface area contributed by atoms with E-state index in [4.69, 9.17) is 9.52 Å². The second-order valence-corrected chi connectivity index (χ2v) is 7.56. The molecule has 5 heteroatoms. The van der Waals surface area contributed by atoms with Crippen LogP contribution in [0.15, 0.2) is 51.7 Å². The first-order chi connectivity index (χ1) is 12.8. The number of hydrogen-bond donors (Lipinski definition) is 1. The topological polar surface area (TPSA) is 84.6 Å². The van der Waals surface area contributed by atoms with E-state index >= 15 is 0 Å². The van der Waals surface area contributed by atoms with Crippen molar-refractivity contribution in [2.75, 3.05) is 0 Å². The van der Waals surface area contributed by atoms with Gasteiger partial charge in [0.15, 0.2) is 11.2 Å². The average molecular weight is 362 g/mol. The first-order valence-corrected chi connectivity index (χ1v) is 8.75. The molecular formula is C22H18O5. The van der Waals surface area contributed by atoms with Crippen molar-refractivity contribution in [3.05, 3.63) is 69.4 Å². The van der Waals surface area contributed by atoms with Crippen LogP contribution in [0.2, 0.25) is 0 Å². The van der Waals surface area contributed by atoms with Crippen molar-refractivity contribution < 1.29 is 19.1 Å². The number of fused-ring (bicyclic) bond motifs is 2. The van der Waals surface area contributed by atoms with Gasteiger partial charge in [-0.25, -0.2) is 4.79 Å². The highest BCUT2D eigenvalue weighted by Gasteiger charge is 2.32. The van der Waals surface area contributed by atoms with E-state index in [2.05, 4.69) is 13.8 Å². The summed E-state index contributed by atoms with van der Waals surface area (Å²) >= 11 is 0. The zero-order chi connectivity index (χ0) is 19.3. The summed E-state index contributed by atoms with van der Waals surface area (Å²) in [6.07, 6.45) is 1.23. The number of carboxylic acids is 1. The third kappa shape index (κ3) is 2.85. The Balaban J connectivity index is 1.91. The first-order valence-electron chi connectivity index (χ1n) is 8.75. The lowest BCUT2D eigenvalue weighted by Gasteiger charge is -2.31. The standard InChI is InChI=1S/C22H18O5/c1-22(2)8-7-17(23)14-9-15-18(24)11-19(27-20(15)10-16(14)22)12-3-5-13(6-4-12)21(25)26/h3-6,9-11H,7-8H2,1-2H3,(H,25,26). The fourth-order valence-corrected chi connectivity index (χ4v) is 3.61. The molecule has 0 saturated carbocycles. The van der Waals surface area contributed by atoms with Gasteiger partial charge >= 0.3 is 5.97 Å². The molecule has 0 radical (unpaired) electrons.